The molecule has 1 aliphatic heterocycles. The second kappa shape index (κ2) is 7.52. The van der Waals surface area contributed by atoms with E-state index in [1.54, 1.807) is 29.2 Å². The number of nitrogens with zero attached hydrogens (tertiary/aromatic N) is 1. The molecule has 1 heterocycles. The molecule has 1 fully saturated rings. The van der Waals surface area contributed by atoms with E-state index in [4.69, 9.17) is 0 Å². The van der Waals surface area contributed by atoms with Crippen molar-refractivity contribution in [2.45, 2.75) is 26.8 Å². The molecule has 134 valence electrons. The van der Waals surface area contributed by atoms with Gasteiger partial charge >= 0.3 is 0 Å². The van der Waals surface area contributed by atoms with Crippen molar-refractivity contribution in [1.29, 1.82) is 0 Å². The number of aryl methyl sites for hydroxylation is 1. The van der Waals surface area contributed by atoms with E-state index in [1.165, 1.54) is 6.92 Å². The standard InChI is InChI=1S/C21H22N2O3/c1-14-6-3-4-7-17(14)12-22-21(26)18-11-20(25)23(13-18)19-9-5-8-16(10-19)15(2)24/h3-10,18H,11-13H2,1-2H3,(H,22,26). The van der Waals surface area contributed by atoms with Crippen molar-refractivity contribution < 1.29 is 14.4 Å². The highest BCUT2D eigenvalue weighted by atomic mass is 16.2. The minimum atomic E-state index is -0.382. The van der Waals surface area contributed by atoms with Crippen LogP contribution >= 0.6 is 0 Å². The van der Waals surface area contributed by atoms with Crippen LogP contribution in [0, 0.1) is 12.8 Å². The SMILES string of the molecule is CC(=O)c1cccc(N2CC(C(=O)NCc3ccccc3C)CC2=O)c1. The second-order valence-corrected chi connectivity index (χ2v) is 6.66. The molecule has 1 saturated heterocycles. The lowest BCUT2D eigenvalue weighted by molar-refractivity contribution is -0.126. The quantitative estimate of drug-likeness (QED) is 0.843. The Morgan fingerprint density at radius 1 is 1.15 bits per heavy atom. The van der Waals surface area contributed by atoms with Crippen molar-refractivity contribution >= 4 is 23.3 Å². The van der Waals surface area contributed by atoms with Crippen LogP contribution in [0.2, 0.25) is 0 Å². The molecule has 0 radical (unpaired) electrons. The number of anilines is 1. The van der Waals surface area contributed by atoms with Crippen LogP contribution in [0.15, 0.2) is 48.5 Å². The van der Waals surface area contributed by atoms with E-state index in [1.807, 2.05) is 31.2 Å². The van der Waals surface area contributed by atoms with E-state index < -0.39 is 0 Å². The van der Waals surface area contributed by atoms with Crippen LogP contribution in [0.4, 0.5) is 5.69 Å². The van der Waals surface area contributed by atoms with Crippen molar-refractivity contribution in [2.24, 2.45) is 5.92 Å². The molecule has 5 nitrogen and oxygen atoms in total. The predicted octanol–water partition coefficient (Wildman–Crippen LogP) is 2.87. The number of Topliss-reactive ketones (excluding diaryl/α,β-unsaturated/α-hetero) is 1. The van der Waals surface area contributed by atoms with E-state index in [-0.39, 0.29) is 29.9 Å². The molecule has 0 bridgehead atoms. The summed E-state index contributed by atoms with van der Waals surface area (Å²) in [5.41, 5.74) is 3.41. The largest absolute Gasteiger partial charge is 0.352 e. The molecular weight excluding hydrogens is 328 g/mol. The molecule has 2 aromatic rings. The summed E-state index contributed by atoms with van der Waals surface area (Å²) in [7, 11) is 0. The van der Waals surface area contributed by atoms with Gasteiger partial charge in [0.05, 0.1) is 5.92 Å². The van der Waals surface area contributed by atoms with Crippen molar-refractivity contribution in [3.63, 3.8) is 0 Å². The summed E-state index contributed by atoms with van der Waals surface area (Å²) in [4.78, 5) is 38.0. The number of carbonyl (C=O) groups excluding carboxylic acids is 3. The van der Waals surface area contributed by atoms with Gasteiger partial charge in [-0.2, -0.15) is 0 Å². The molecule has 0 spiro atoms. The first kappa shape index (κ1) is 17.9. The van der Waals surface area contributed by atoms with Gasteiger partial charge in [-0.25, -0.2) is 0 Å². The van der Waals surface area contributed by atoms with Crippen LogP contribution in [0.5, 0.6) is 0 Å². The number of ketones is 1. The molecule has 2 amide bonds. The monoisotopic (exact) mass is 350 g/mol. The zero-order valence-electron chi connectivity index (χ0n) is 15.0. The molecule has 5 heteroatoms. The summed E-state index contributed by atoms with van der Waals surface area (Å²) in [5.74, 6) is -0.646. The molecule has 1 atom stereocenters. The Labute approximate surface area is 153 Å². The van der Waals surface area contributed by atoms with Gasteiger partial charge < -0.3 is 10.2 Å². The van der Waals surface area contributed by atoms with Gasteiger partial charge in [-0.1, -0.05) is 36.4 Å². The van der Waals surface area contributed by atoms with Gasteiger partial charge in [-0.15, -0.1) is 0 Å². The predicted molar refractivity (Wildman–Crippen MR) is 99.9 cm³/mol. The van der Waals surface area contributed by atoms with Gasteiger partial charge in [-0.3, -0.25) is 14.4 Å². The number of hydrogen-bond acceptors (Lipinski definition) is 3. The average molecular weight is 350 g/mol. The van der Waals surface area contributed by atoms with Crippen molar-refractivity contribution in [1.82, 2.24) is 5.32 Å². The summed E-state index contributed by atoms with van der Waals surface area (Å²) < 4.78 is 0. The maximum atomic E-state index is 12.5. The lowest BCUT2D eigenvalue weighted by Gasteiger charge is -2.17. The fourth-order valence-corrected chi connectivity index (χ4v) is 3.16. The normalized spacial score (nSPS) is 16.6. The summed E-state index contributed by atoms with van der Waals surface area (Å²) in [6, 6.07) is 14.9. The fraction of sp³-hybridized carbons (Fsp3) is 0.286. The van der Waals surface area contributed by atoms with Crippen molar-refractivity contribution in [3.8, 4) is 0 Å². The molecule has 1 aliphatic rings. The lowest BCUT2D eigenvalue weighted by Crippen LogP contribution is -2.32. The minimum Gasteiger partial charge on any atom is -0.352 e. The Kier molecular flexibility index (Phi) is 5.16. The molecule has 0 saturated carbocycles. The Balaban J connectivity index is 1.65. The Bertz CT molecular complexity index is 860. The number of hydrogen-bond donors (Lipinski definition) is 1. The van der Waals surface area contributed by atoms with Crippen molar-refractivity contribution in [3.05, 3.63) is 65.2 Å². The first-order chi connectivity index (χ1) is 12.5. The number of carbonyl (C=O) groups is 3. The summed E-state index contributed by atoms with van der Waals surface area (Å²) in [6.45, 7) is 4.28. The number of nitrogens with one attached hydrogen (secondary N) is 1. The van der Waals surface area contributed by atoms with Gasteiger partial charge in [0.1, 0.15) is 0 Å². The van der Waals surface area contributed by atoms with Crippen LogP contribution in [0.1, 0.15) is 34.8 Å². The first-order valence-corrected chi connectivity index (χ1v) is 8.69. The topological polar surface area (TPSA) is 66.5 Å². The van der Waals surface area contributed by atoms with Crippen LogP contribution < -0.4 is 10.2 Å². The molecule has 1 unspecified atom stereocenters. The van der Waals surface area contributed by atoms with Gasteiger partial charge in [0, 0.05) is 30.8 Å². The van der Waals surface area contributed by atoms with Gasteiger partial charge in [0.15, 0.2) is 5.78 Å². The molecule has 0 aromatic heterocycles. The van der Waals surface area contributed by atoms with Crippen LogP contribution in [-0.4, -0.2) is 24.1 Å². The van der Waals surface area contributed by atoms with Gasteiger partial charge in [-0.05, 0) is 37.1 Å². The van der Waals surface area contributed by atoms with Crippen LogP contribution in [-0.2, 0) is 16.1 Å². The molecule has 2 aromatic carbocycles. The smallest absolute Gasteiger partial charge is 0.227 e. The van der Waals surface area contributed by atoms with E-state index >= 15 is 0 Å². The highest BCUT2D eigenvalue weighted by molar-refractivity contribution is 6.02. The Hall–Kier alpha value is -2.95. The highest BCUT2D eigenvalue weighted by Crippen LogP contribution is 2.26. The average Bonchev–Trinajstić information content (AvgIpc) is 3.03. The molecule has 26 heavy (non-hydrogen) atoms. The zero-order chi connectivity index (χ0) is 18.7. The maximum Gasteiger partial charge on any atom is 0.227 e. The summed E-state index contributed by atoms with van der Waals surface area (Å²) in [6.07, 6.45) is 0.184. The highest BCUT2D eigenvalue weighted by Gasteiger charge is 2.35. The third kappa shape index (κ3) is 3.82. The van der Waals surface area contributed by atoms with E-state index in [0.717, 1.165) is 11.1 Å². The second-order valence-electron chi connectivity index (χ2n) is 6.66. The van der Waals surface area contributed by atoms with Crippen LogP contribution in [0.25, 0.3) is 0 Å². The molecule has 3 rings (SSSR count). The fourth-order valence-electron chi connectivity index (χ4n) is 3.16. The molecule has 0 aliphatic carbocycles. The molecular formula is C21H22N2O3. The number of rotatable bonds is 5. The van der Waals surface area contributed by atoms with Crippen LogP contribution in [0.3, 0.4) is 0 Å². The number of amides is 2. The van der Waals surface area contributed by atoms with Gasteiger partial charge in [0.2, 0.25) is 11.8 Å². The van der Waals surface area contributed by atoms with Crippen molar-refractivity contribution in [2.75, 3.05) is 11.4 Å². The lowest BCUT2D eigenvalue weighted by atomic mass is 10.1. The Morgan fingerprint density at radius 3 is 2.65 bits per heavy atom. The summed E-state index contributed by atoms with van der Waals surface area (Å²) in [5, 5.41) is 2.93. The first-order valence-electron chi connectivity index (χ1n) is 8.69. The zero-order valence-corrected chi connectivity index (χ0v) is 15.0. The van der Waals surface area contributed by atoms with E-state index in [9.17, 15) is 14.4 Å². The summed E-state index contributed by atoms with van der Waals surface area (Å²) >= 11 is 0. The minimum absolute atomic E-state index is 0.0500. The maximum absolute atomic E-state index is 12.5. The number of benzene rings is 2. The van der Waals surface area contributed by atoms with E-state index in [2.05, 4.69) is 5.32 Å². The third-order valence-electron chi connectivity index (χ3n) is 4.77. The van der Waals surface area contributed by atoms with Gasteiger partial charge in [0.25, 0.3) is 0 Å². The third-order valence-corrected chi connectivity index (χ3v) is 4.77. The molecule has 1 N–H and O–H groups in total. The Morgan fingerprint density at radius 2 is 1.92 bits per heavy atom. The van der Waals surface area contributed by atoms with E-state index in [0.29, 0.717) is 24.3 Å².